The molecular formula is C11H15ClN2O2. The number of amides is 1. The fourth-order valence-corrected chi connectivity index (χ4v) is 1.41. The van der Waals surface area contributed by atoms with Crippen LogP contribution in [0.15, 0.2) is 23.3 Å². The Morgan fingerprint density at radius 3 is 2.81 bits per heavy atom. The Bertz CT molecular complexity index is 424. The SMILES string of the molecule is CCC(C)(CCl)NC(=O)c1c[nH]ccc1=O. The molecule has 0 fully saturated rings. The van der Waals surface area contributed by atoms with Crippen molar-refractivity contribution in [2.75, 3.05) is 5.88 Å². The number of H-pyrrole nitrogens is 1. The maximum atomic E-state index is 11.8. The van der Waals surface area contributed by atoms with Crippen LogP contribution < -0.4 is 10.7 Å². The Morgan fingerprint density at radius 2 is 2.31 bits per heavy atom. The molecule has 1 rings (SSSR count). The van der Waals surface area contributed by atoms with Gasteiger partial charge in [-0.25, -0.2) is 0 Å². The molecule has 0 aliphatic heterocycles. The maximum absolute atomic E-state index is 11.8. The summed E-state index contributed by atoms with van der Waals surface area (Å²) in [6, 6.07) is 1.32. The summed E-state index contributed by atoms with van der Waals surface area (Å²) in [5, 5.41) is 2.76. The molecule has 4 nitrogen and oxygen atoms in total. The van der Waals surface area contributed by atoms with Crippen LogP contribution in [-0.2, 0) is 0 Å². The van der Waals surface area contributed by atoms with Gasteiger partial charge < -0.3 is 10.3 Å². The lowest BCUT2D eigenvalue weighted by atomic mass is 10.0. The fraction of sp³-hybridized carbons (Fsp3) is 0.455. The number of nitrogens with one attached hydrogen (secondary N) is 2. The van der Waals surface area contributed by atoms with E-state index in [2.05, 4.69) is 10.3 Å². The number of alkyl halides is 1. The van der Waals surface area contributed by atoms with Gasteiger partial charge in [0.05, 0.1) is 5.54 Å². The minimum atomic E-state index is -0.485. The Labute approximate surface area is 99.0 Å². The quantitative estimate of drug-likeness (QED) is 0.787. The van der Waals surface area contributed by atoms with E-state index in [-0.39, 0.29) is 11.0 Å². The molecule has 0 spiro atoms. The zero-order valence-electron chi connectivity index (χ0n) is 9.34. The van der Waals surface area contributed by atoms with Gasteiger partial charge in [-0.2, -0.15) is 0 Å². The van der Waals surface area contributed by atoms with Crippen LogP contribution in [0.1, 0.15) is 30.6 Å². The van der Waals surface area contributed by atoms with E-state index in [0.29, 0.717) is 12.3 Å². The number of halogens is 1. The topological polar surface area (TPSA) is 62.0 Å². The summed E-state index contributed by atoms with van der Waals surface area (Å²) in [6.07, 6.45) is 3.58. The first-order chi connectivity index (χ1) is 7.52. The van der Waals surface area contributed by atoms with Gasteiger partial charge in [0.1, 0.15) is 5.56 Å². The number of rotatable bonds is 4. The fourth-order valence-electron chi connectivity index (χ4n) is 1.15. The van der Waals surface area contributed by atoms with Gasteiger partial charge in [-0.3, -0.25) is 9.59 Å². The van der Waals surface area contributed by atoms with Gasteiger partial charge in [-0.1, -0.05) is 6.92 Å². The van der Waals surface area contributed by atoms with E-state index in [9.17, 15) is 9.59 Å². The van der Waals surface area contributed by atoms with Gasteiger partial charge in [0.25, 0.3) is 5.91 Å². The van der Waals surface area contributed by atoms with Crippen LogP contribution in [0.5, 0.6) is 0 Å². The highest BCUT2D eigenvalue weighted by atomic mass is 35.5. The molecule has 88 valence electrons. The second-order valence-corrected chi connectivity index (χ2v) is 4.19. The highest BCUT2D eigenvalue weighted by Gasteiger charge is 2.24. The first-order valence-corrected chi connectivity index (χ1v) is 5.61. The average Bonchev–Trinajstić information content (AvgIpc) is 2.29. The van der Waals surface area contributed by atoms with Crippen molar-refractivity contribution < 1.29 is 4.79 Å². The number of hydrogen-bond acceptors (Lipinski definition) is 2. The Hall–Kier alpha value is -1.29. The summed E-state index contributed by atoms with van der Waals surface area (Å²) in [5.41, 5.74) is -0.683. The Morgan fingerprint density at radius 1 is 1.62 bits per heavy atom. The van der Waals surface area contributed by atoms with Crippen molar-refractivity contribution in [2.45, 2.75) is 25.8 Å². The lowest BCUT2D eigenvalue weighted by Crippen LogP contribution is -2.48. The highest BCUT2D eigenvalue weighted by molar-refractivity contribution is 6.18. The summed E-state index contributed by atoms with van der Waals surface area (Å²) in [4.78, 5) is 25.9. The number of aromatic nitrogens is 1. The molecule has 0 saturated heterocycles. The number of carbonyl (C=O) groups is 1. The predicted molar refractivity (Wildman–Crippen MR) is 63.9 cm³/mol. The largest absolute Gasteiger partial charge is 0.367 e. The lowest BCUT2D eigenvalue weighted by molar-refractivity contribution is 0.0911. The van der Waals surface area contributed by atoms with Gasteiger partial charge in [-0.05, 0) is 13.3 Å². The van der Waals surface area contributed by atoms with Crippen molar-refractivity contribution in [3.63, 3.8) is 0 Å². The third-order valence-corrected chi connectivity index (χ3v) is 3.15. The zero-order chi connectivity index (χ0) is 12.2. The molecule has 0 radical (unpaired) electrons. The van der Waals surface area contributed by atoms with E-state index in [1.54, 1.807) is 0 Å². The van der Waals surface area contributed by atoms with Crippen LogP contribution >= 0.6 is 11.6 Å². The molecule has 1 unspecified atom stereocenters. The highest BCUT2D eigenvalue weighted by Crippen LogP contribution is 2.11. The molecule has 1 aromatic rings. The maximum Gasteiger partial charge on any atom is 0.257 e. The molecule has 2 N–H and O–H groups in total. The monoisotopic (exact) mass is 242 g/mol. The zero-order valence-corrected chi connectivity index (χ0v) is 10.1. The molecule has 0 bridgehead atoms. The third-order valence-electron chi connectivity index (χ3n) is 2.56. The summed E-state index contributed by atoms with van der Waals surface area (Å²) in [5.74, 6) is -0.0909. The summed E-state index contributed by atoms with van der Waals surface area (Å²) in [7, 11) is 0. The molecular weight excluding hydrogens is 228 g/mol. The van der Waals surface area contributed by atoms with Crippen molar-refractivity contribution in [1.82, 2.24) is 10.3 Å². The molecule has 0 aromatic carbocycles. The standard InChI is InChI=1S/C11H15ClN2O2/c1-3-11(2,7-12)14-10(16)8-6-13-5-4-9(8)15/h4-6H,3,7H2,1-2H3,(H,13,15)(H,14,16). The minimum Gasteiger partial charge on any atom is -0.367 e. The lowest BCUT2D eigenvalue weighted by Gasteiger charge is -2.26. The normalized spacial score (nSPS) is 14.2. The van der Waals surface area contributed by atoms with Crippen LogP contribution in [0.25, 0.3) is 0 Å². The number of hydrogen-bond donors (Lipinski definition) is 2. The molecule has 0 saturated carbocycles. The molecule has 0 aliphatic carbocycles. The smallest absolute Gasteiger partial charge is 0.257 e. The second kappa shape index (κ2) is 5.16. The van der Waals surface area contributed by atoms with Crippen molar-refractivity contribution in [3.8, 4) is 0 Å². The first kappa shape index (κ1) is 12.8. The van der Waals surface area contributed by atoms with E-state index in [1.807, 2.05) is 13.8 Å². The first-order valence-electron chi connectivity index (χ1n) is 5.08. The Balaban J connectivity index is 2.89. The van der Waals surface area contributed by atoms with Crippen LogP contribution in [0.2, 0.25) is 0 Å². The number of pyridine rings is 1. The van der Waals surface area contributed by atoms with E-state index in [0.717, 1.165) is 0 Å². The van der Waals surface area contributed by atoms with Gasteiger partial charge in [0, 0.05) is 24.3 Å². The van der Waals surface area contributed by atoms with E-state index < -0.39 is 11.4 Å². The van der Waals surface area contributed by atoms with Crippen LogP contribution in [0.3, 0.4) is 0 Å². The summed E-state index contributed by atoms with van der Waals surface area (Å²) >= 11 is 5.78. The van der Waals surface area contributed by atoms with Gasteiger partial charge in [-0.15, -0.1) is 11.6 Å². The molecule has 16 heavy (non-hydrogen) atoms. The number of aromatic amines is 1. The molecule has 5 heteroatoms. The molecule has 1 amide bonds. The second-order valence-electron chi connectivity index (χ2n) is 3.92. The van der Waals surface area contributed by atoms with Crippen molar-refractivity contribution in [1.29, 1.82) is 0 Å². The van der Waals surface area contributed by atoms with Crippen LogP contribution in [-0.4, -0.2) is 22.3 Å². The molecule has 1 heterocycles. The minimum absolute atomic E-state index is 0.104. The van der Waals surface area contributed by atoms with Gasteiger partial charge in [0.2, 0.25) is 0 Å². The molecule has 1 atom stereocenters. The van der Waals surface area contributed by atoms with Gasteiger partial charge >= 0.3 is 0 Å². The van der Waals surface area contributed by atoms with Crippen molar-refractivity contribution in [2.24, 2.45) is 0 Å². The van der Waals surface area contributed by atoms with Gasteiger partial charge in [0.15, 0.2) is 5.43 Å². The molecule has 0 aliphatic rings. The summed E-state index contributed by atoms with van der Waals surface area (Å²) < 4.78 is 0. The van der Waals surface area contributed by atoms with E-state index in [4.69, 9.17) is 11.6 Å². The van der Waals surface area contributed by atoms with E-state index in [1.165, 1.54) is 18.5 Å². The average molecular weight is 243 g/mol. The predicted octanol–water partition coefficient (Wildman–Crippen LogP) is 1.51. The number of carbonyl (C=O) groups excluding carboxylic acids is 1. The Kier molecular flexibility index (Phi) is 4.12. The van der Waals surface area contributed by atoms with Crippen LogP contribution in [0, 0.1) is 0 Å². The van der Waals surface area contributed by atoms with Crippen molar-refractivity contribution in [3.05, 3.63) is 34.2 Å². The van der Waals surface area contributed by atoms with E-state index >= 15 is 0 Å². The molecule has 1 aromatic heterocycles. The van der Waals surface area contributed by atoms with Crippen molar-refractivity contribution >= 4 is 17.5 Å². The third kappa shape index (κ3) is 2.85. The summed E-state index contributed by atoms with van der Waals surface area (Å²) in [6.45, 7) is 3.77. The van der Waals surface area contributed by atoms with Crippen LogP contribution in [0.4, 0.5) is 0 Å².